The van der Waals surface area contributed by atoms with Gasteiger partial charge in [-0.3, -0.25) is 0 Å². The van der Waals surface area contributed by atoms with Gasteiger partial charge >= 0.3 is 5.97 Å². The minimum Gasteiger partial charge on any atom is -0.479 e. The van der Waals surface area contributed by atoms with Crippen LogP contribution in [-0.4, -0.2) is 18.7 Å². The summed E-state index contributed by atoms with van der Waals surface area (Å²) >= 11 is 11.6. The maximum absolute atomic E-state index is 11.3. The fourth-order valence-corrected chi connectivity index (χ4v) is 1.35. The molecule has 1 atom stereocenters. The molecular weight excluding hydrogens is 251 g/mol. The molecule has 0 saturated carbocycles. The molecule has 0 saturated heterocycles. The zero-order valence-electron chi connectivity index (χ0n) is 9.00. The Morgan fingerprint density at radius 3 is 2.62 bits per heavy atom. The highest BCUT2D eigenvalue weighted by Gasteiger charge is 2.15. The SMILES string of the molecule is CCOC(=O)C(C)Oc1ccc(Cl)c(Cl)c1. The fourth-order valence-electron chi connectivity index (χ4n) is 1.06. The number of carbonyl (C=O) groups is 1. The third kappa shape index (κ3) is 3.58. The maximum atomic E-state index is 11.3. The van der Waals surface area contributed by atoms with Gasteiger partial charge in [0.1, 0.15) is 5.75 Å². The molecule has 0 bridgehead atoms. The lowest BCUT2D eigenvalue weighted by Crippen LogP contribution is -2.26. The minimum atomic E-state index is -0.669. The Kier molecular flexibility index (Phi) is 4.90. The summed E-state index contributed by atoms with van der Waals surface area (Å²) in [7, 11) is 0. The van der Waals surface area contributed by atoms with Gasteiger partial charge in [-0.2, -0.15) is 0 Å². The molecular formula is C11H12Cl2O3. The molecule has 1 aromatic carbocycles. The van der Waals surface area contributed by atoms with Crippen LogP contribution in [0.1, 0.15) is 13.8 Å². The third-order valence-corrected chi connectivity index (χ3v) is 2.56. The highest BCUT2D eigenvalue weighted by molar-refractivity contribution is 6.42. The van der Waals surface area contributed by atoms with Crippen molar-refractivity contribution >= 4 is 29.2 Å². The van der Waals surface area contributed by atoms with E-state index < -0.39 is 12.1 Å². The van der Waals surface area contributed by atoms with E-state index in [2.05, 4.69) is 0 Å². The molecule has 0 aliphatic carbocycles. The first kappa shape index (κ1) is 13.1. The van der Waals surface area contributed by atoms with Gasteiger partial charge in [0.15, 0.2) is 6.10 Å². The van der Waals surface area contributed by atoms with Crippen molar-refractivity contribution < 1.29 is 14.3 Å². The van der Waals surface area contributed by atoms with Crippen molar-refractivity contribution in [3.8, 4) is 5.75 Å². The Bertz CT molecular complexity index is 379. The molecule has 0 spiro atoms. The molecule has 0 amide bonds. The standard InChI is InChI=1S/C11H12Cl2O3/c1-3-15-11(14)7(2)16-8-4-5-9(12)10(13)6-8/h4-7H,3H2,1-2H3. The summed E-state index contributed by atoms with van der Waals surface area (Å²) in [5.74, 6) is 0.0727. The van der Waals surface area contributed by atoms with Crippen LogP contribution in [0.2, 0.25) is 10.0 Å². The van der Waals surface area contributed by atoms with Crippen molar-refractivity contribution in [2.75, 3.05) is 6.61 Å². The predicted octanol–water partition coefficient (Wildman–Crippen LogP) is 3.32. The minimum absolute atomic E-state index is 0.327. The van der Waals surface area contributed by atoms with Crippen LogP contribution in [0.25, 0.3) is 0 Å². The van der Waals surface area contributed by atoms with Crippen LogP contribution in [0.15, 0.2) is 18.2 Å². The molecule has 16 heavy (non-hydrogen) atoms. The second-order valence-electron chi connectivity index (χ2n) is 3.09. The van der Waals surface area contributed by atoms with E-state index in [9.17, 15) is 4.79 Å². The van der Waals surface area contributed by atoms with E-state index in [1.54, 1.807) is 32.0 Å². The van der Waals surface area contributed by atoms with E-state index >= 15 is 0 Å². The van der Waals surface area contributed by atoms with Gasteiger partial charge in [-0.05, 0) is 26.0 Å². The average Bonchev–Trinajstić information content (AvgIpc) is 2.24. The number of rotatable bonds is 4. The van der Waals surface area contributed by atoms with Crippen molar-refractivity contribution in [2.45, 2.75) is 20.0 Å². The van der Waals surface area contributed by atoms with Gasteiger partial charge in [-0.15, -0.1) is 0 Å². The zero-order valence-corrected chi connectivity index (χ0v) is 10.5. The highest BCUT2D eigenvalue weighted by Crippen LogP contribution is 2.26. The fraction of sp³-hybridized carbons (Fsp3) is 0.364. The molecule has 0 radical (unpaired) electrons. The second kappa shape index (κ2) is 5.97. The predicted molar refractivity (Wildman–Crippen MR) is 63.2 cm³/mol. The van der Waals surface area contributed by atoms with Gasteiger partial charge < -0.3 is 9.47 Å². The van der Waals surface area contributed by atoms with E-state index in [1.165, 1.54) is 0 Å². The van der Waals surface area contributed by atoms with Crippen LogP contribution >= 0.6 is 23.2 Å². The van der Waals surface area contributed by atoms with E-state index in [0.29, 0.717) is 22.4 Å². The van der Waals surface area contributed by atoms with E-state index in [-0.39, 0.29) is 0 Å². The summed E-state index contributed by atoms with van der Waals surface area (Å²) in [6.07, 6.45) is -0.669. The van der Waals surface area contributed by atoms with Crippen molar-refractivity contribution in [2.24, 2.45) is 0 Å². The van der Waals surface area contributed by atoms with Gasteiger partial charge in [0, 0.05) is 6.07 Å². The number of hydrogen-bond acceptors (Lipinski definition) is 3. The third-order valence-electron chi connectivity index (χ3n) is 1.82. The summed E-state index contributed by atoms with van der Waals surface area (Å²) in [6, 6.07) is 4.81. The molecule has 5 heteroatoms. The van der Waals surface area contributed by atoms with Crippen LogP contribution in [0.5, 0.6) is 5.75 Å². The molecule has 1 aromatic rings. The number of benzene rings is 1. The average molecular weight is 263 g/mol. The van der Waals surface area contributed by atoms with Gasteiger partial charge in [-0.1, -0.05) is 23.2 Å². The molecule has 0 fully saturated rings. The molecule has 0 aliphatic rings. The summed E-state index contributed by atoms with van der Waals surface area (Å²) in [4.78, 5) is 11.3. The summed E-state index contributed by atoms with van der Waals surface area (Å²) < 4.78 is 10.2. The topological polar surface area (TPSA) is 35.5 Å². The van der Waals surface area contributed by atoms with E-state index in [4.69, 9.17) is 32.7 Å². The molecule has 0 aliphatic heterocycles. The Hall–Kier alpha value is -0.930. The zero-order chi connectivity index (χ0) is 12.1. The molecule has 88 valence electrons. The van der Waals surface area contributed by atoms with Crippen LogP contribution in [0.3, 0.4) is 0 Å². The lowest BCUT2D eigenvalue weighted by Gasteiger charge is -2.13. The van der Waals surface area contributed by atoms with Crippen LogP contribution in [-0.2, 0) is 9.53 Å². The van der Waals surface area contributed by atoms with E-state index in [0.717, 1.165) is 0 Å². The Morgan fingerprint density at radius 2 is 2.06 bits per heavy atom. The van der Waals surface area contributed by atoms with Crippen LogP contribution in [0.4, 0.5) is 0 Å². The molecule has 1 unspecified atom stereocenters. The second-order valence-corrected chi connectivity index (χ2v) is 3.90. The molecule has 1 rings (SSSR count). The maximum Gasteiger partial charge on any atom is 0.347 e. The lowest BCUT2D eigenvalue weighted by atomic mass is 10.3. The summed E-state index contributed by atoms with van der Waals surface area (Å²) in [6.45, 7) is 3.68. The van der Waals surface area contributed by atoms with Crippen LogP contribution in [0, 0.1) is 0 Å². The molecule has 0 N–H and O–H groups in total. The number of carbonyl (C=O) groups excluding carboxylic acids is 1. The normalized spacial score (nSPS) is 12.0. The molecule has 0 aromatic heterocycles. The number of esters is 1. The largest absolute Gasteiger partial charge is 0.479 e. The molecule has 0 heterocycles. The van der Waals surface area contributed by atoms with Crippen LogP contribution < -0.4 is 4.74 Å². The van der Waals surface area contributed by atoms with Crippen molar-refractivity contribution in [3.05, 3.63) is 28.2 Å². The summed E-state index contributed by atoms with van der Waals surface area (Å²) in [5.41, 5.74) is 0. The quantitative estimate of drug-likeness (QED) is 0.781. The first-order valence-corrected chi connectivity index (χ1v) is 5.58. The van der Waals surface area contributed by atoms with Crippen molar-refractivity contribution in [1.82, 2.24) is 0 Å². The van der Waals surface area contributed by atoms with Gasteiger partial charge in [0.05, 0.1) is 16.7 Å². The number of hydrogen-bond donors (Lipinski definition) is 0. The van der Waals surface area contributed by atoms with Crippen molar-refractivity contribution in [3.63, 3.8) is 0 Å². The Labute approximate surface area is 104 Å². The Balaban J connectivity index is 2.66. The van der Waals surface area contributed by atoms with Gasteiger partial charge in [0.25, 0.3) is 0 Å². The first-order valence-electron chi connectivity index (χ1n) is 4.83. The van der Waals surface area contributed by atoms with Gasteiger partial charge in [0.2, 0.25) is 0 Å². The Morgan fingerprint density at radius 1 is 1.38 bits per heavy atom. The molecule has 3 nitrogen and oxygen atoms in total. The lowest BCUT2D eigenvalue weighted by molar-refractivity contribution is -0.150. The van der Waals surface area contributed by atoms with Gasteiger partial charge in [-0.25, -0.2) is 4.79 Å². The smallest absolute Gasteiger partial charge is 0.347 e. The summed E-state index contributed by atoms with van der Waals surface area (Å²) in [5, 5.41) is 0.827. The highest BCUT2D eigenvalue weighted by atomic mass is 35.5. The number of ether oxygens (including phenoxy) is 2. The first-order chi connectivity index (χ1) is 7.54. The monoisotopic (exact) mass is 262 g/mol. The van der Waals surface area contributed by atoms with E-state index in [1.807, 2.05) is 0 Å². The number of halogens is 2. The van der Waals surface area contributed by atoms with Crippen molar-refractivity contribution in [1.29, 1.82) is 0 Å².